The van der Waals surface area contributed by atoms with Crippen molar-refractivity contribution in [2.75, 3.05) is 52.6 Å². The first kappa shape index (κ1) is 42.0. The van der Waals surface area contributed by atoms with Crippen molar-refractivity contribution in [3.8, 4) is 11.5 Å². The molecule has 0 aromatic heterocycles. The van der Waals surface area contributed by atoms with E-state index >= 15 is 0 Å². The molecule has 0 saturated carbocycles. The van der Waals surface area contributed by atoms with Gasteiger partial charge in [-0.15, -0.1) is 46.1 Å². The van der Waals surface area contributed by atoms with Crippen LogP contribution in [0.2, 0.25) is 0 Å². The van der Waals surface area contributed by atoms with E-state index in [1.54, 1.807) is 12.1 Å². The molecule has 2 N–H and O–H groups in total. The van der Waals surface area contributed by atoms with Crippen LogP contribution < -0.4 is 18.0 Å². The summed E-state index contributed by atoms with van der Waals surface area (Å²) in [5.74, 6) is -5.56. The first-order valence-corrected chi connectivity index (χ1v) is 16.9. The standard InChI is InChI=1S/2C10H11F2N2O4S.2C5H5.Ti/c2*11-8-1-2-10(9(12)7-8)18-19(15,16)13-14-3-5-17-6-4-14;2*1-2-4-5-3-1;/h2*1-2,13H,3-6H2;2*1-5H;/q4*-1;+4. The summed E-state index contributed by atoms with van der Waals surface area (Å²) in [7, 11) is -8.46. The molecule has 4 aromatic rings. The normalized spacial score (nSPS) is 15.1. The van der Waals surface area contributed by atoms with Crippen LogP contribution in [-0.4, -0.2) is 79.5 Å². The van der Waals surface area contributed by atoms with E-state index in [-0.39, 0.29) is 21.7 Å². The molecule has 2 aliphatic heterocycles. The zero-order valence-electron chi connectivity index (χ0n) is 25.7. The summed E-state index contributed by atoms with van der Waals surface area (Å²) in [5, 5.41) is 2.73. The number of rotatable bonds is 8. The average molecular weight is 765 g/mol. The molecule has 0 atom stereocenters. The molecule has 2 fully saturated rings. The molecule has 0 unspecified atom stereocenters. The molecular weight excluding hydrogens is 732 g/mol. The molecule has 0 radical (unpaired) electrons. The maximum atomic E-state index is 13.2. The number of hydrogen-bond donors (Lipinski definition) is 2. The minimum Gasteiger partial charge on any atom is -0.431 e. The smallest absolute Gasteiger partial charge is 0.431 e. The molecule has 49 heavy (non-hydrogen) atoms. The Morgan fingerprint density at radius 3 is 1.20 bits per heavy atom. The van der Waals surface area contributed by atoms with E-state index in [1.807, 2.05) is 60.7 Å². The third-order valence-electron chi connectivity index (χ3n) is 5.67. The fraction of sp³-hybridized carbons (Fsp3) is 0.267. The van der Waals surface area contributed by atoms with Crippen LogP contribution in [0.1, 0.15) is 0 Å². The number of benzene rings is 2. The molecule has 0 aliphatic carbocycles. The Balaban J connectivity index is 0.000000260. The molecule has 264 valence electrons. The van der Waals surface area contributed by atoms with Crippen molar-refractivity contribution in [2.24, 2.45) is 0 Å². The Morgan fingerprint density at radius 1 is 0.612 bits per heavy atom. The minimum atomic E-state index is -4.23. The van der Waals surface area contributed by atoms with E-state index in [0.717, 1.165) is 24.3 Å². The molecule has 0 spiro atoms. The fourth-order valence-electron chi connectivity index (χ4n) is 3.53. The van der Waals surface area contributed by atoms with E-state index in [1.165, 1.54) is 10.0 Å². The van der Waals surface area contributed by atoms with Gasteiger partial charge in [0.05, 0.1) is 49.6 Å². The number of ether oxygens (including phenoxy) is 2. The van der Waals surface area contributed by atoms with Gasteiger partial charge < -0.3 is 17.8 Å². The molecule has 2 saturated heterocycles. The van der Waals surface area contributed by atoms with Crippen molar-refractivity contribution in [3.05, 3.63) is 120 Å². The van der Waals surface area contributed by atoms with Crippen LogP contribution in [0.5, 0.6) is 11.5 Å². The molecule has 0 bridgehead atoms. The molecular formula is C30H32F4N4O8S2Ti. The SMILES string of the molecule is O=S(=O)(NN1CCOCC1)Oc1ccc(F)[c-]c1F.O=S(=O)(NN1CCOCC1)Oc1ccc(F)[c-]c1F.[Ti+4].c1cc[cH-]c1.c1cc[cH-]c1. The summed E-state index contributed by atoms with van der Waals surface area (Å²) in [6.07, 6.45) is 0. The third kappa shape index (κ3) is 17.4. The molecule has 12 nitrogen and oxygen atoms in total. The van der Waals surface area contributed by atoms with Gasteiger partial charge in [-0.3, -0.25) is 0 Å². The summed E-state index contributed by atoms with van der Waals surface area (Å²) in [6, 6.07) is 26.8. The fourth-order valence-corrected chi connectivity index (χ4v) is 5.33. The van der Waals surface area contributed by atoms with Gasteiger partial charge in [0.15, 0.2) is 0 Å². The summed E-state index contributed by atoms with van der Waals surface area (Å²) < 4.78 is 117. The summed E-state index contributed by atoms with van der Waals surface area (Å²) in [6.45, 7) is 2.90. The largest absolute Gasteiger partial charge is 4.00 e. The number of morpholine rings is 2. The van der Waals surface area contributed by atoms with Crippen molar-refractivity contribution >= 4 is 20.6 Å². The predicted octanol–water partition coefficient (Wildman–Crippen LogP) is 3.26. The molecule has 19 heteroatoms. The second-order valence-corrected chi connectivity index (χ2v) is 11.9. The maximum absolute atomic E-state index is 13.2. The van der Waals surface area contributed by atoms with Crippen molar-refractivity contribution < 1.29 is 74.0 Å². The van der Waals surface area contributed by atoms with Crippen molar-refractivity contribution in [2.45, 2.75) is 0 Å². The second kappa shape index (κ2) is 21.8. The quantitative estimate of drug-likeness (QED) is 0.157. The van der Waals surface area contributed by atoms with Gasteiger partial charge in [-0.2, -0.15) is 53.2 Å². The van der Waals surface area contributed by atoms with Crippen LogP contribution in [0.4, 0.5) is 17.6 Å². The molecule has 6 rings (SSSR count). The number of hydrogen-bond acceptors (Lipinski definition) is 10. The van der Waals surface area contributed by atoms with Crippen molar-refractivity contribution in [1.82, 2.24) is 19.7 Å². The first-order valence-electron chi connectivity index (χ1n) is 14.1. The monoisotopic (exact) mass is 764 g/mol. The number of hydrazine groups is 2. The minimum absolute atomic E-state index is 0. The van der Waals surface area contributed by atoms with Gasteiger partial charge in [0.25, 0.3) is 0 Å². The average Bonchev–Trinajstić information content (AvgIpc) is 3.81. The number of halogens is 4. The maximum Gasteiger partial charge on any atom is 4.00 e. The van der Waals surface area contributed by atoms with Crippen LogP contribution in [0.15, 0.2) is 84.9 Å². The van der Waals surface area contributed by atoms with Gasteiger partial charge in [-0.1, -0.05) is 0 Å². The van der Waals surface area contributed by atoms with Crippen LogP contribution in [0.3, 0.4) is 0 Å². The zero-order valence-corrected chi connectivity index (χ0v) is 28.9. The topological polar surface area (TPSA) is 136 Å². The number of nitrogens with one attached hydrogen (secondary N) is 2. The first-order chi connectivity index (χ1) is 22.9. The Labute approximate surface area is 297 Å². The van der Waals surface area contributed by atoms with Crippen LogP contribution in [0, 0.1) is 35.4 Å². The summed E-state index contributed by atoms with van der Waals surface area (Å²) in [5.41, 5.74) is 0. The van der Waals surface area contributed by atoms with E-state index < -0.39 is 55.4 Å². The van der Waals surface area contributed by atoms with Gasteiger partial charge in [-0.05, 0) is 0 Å². The van der Waals surface area contributed by atoms with E-state index in [9.17, 15) is 34.4 Å². The molecule has 2 heterocycles. The Kier molecular flexibility index (Phi) is 18.7. The van der Waals surface area contributed by atoms with E-state index in [0.29, 0.717) is 52.6 Å². The van der Waals surface area contributed by atoms with Crippen molar-refractivity contribution in [3.63, 3.8) is 0 Å². The van der Waals surface area contributed by atoms with Crippen molar-refractivity contribution in [1.29, 1.82) is 0 Å². The van der Waals surface area contributed by atoms with Gasteiger partial charge >= 0.3 is 42.3 Å². The van der Waals surface area contributed by atoms with Gasteiger partial charge in [0.1, 0.15) is 0 Å². The molecule has 0 amide bonds. The Hall–Kier alpha value is -3.17. The van der Waals surface area contributed by atoms with Crippen LogP contribution in [0.25, 0.3) is 0 Å². The summed E-state index contributed by atoms with van der Waals surface area (Å²) in [4.78, 5) is 4.23. The van der Waals surface area contributed by atoms with Gasteiger partial charge in [0.2, 0.25) is 0 Å². The van der Waals surface area contributed by atoms with Gasteiger partial charge in [0, 0.05) is 37.8 Å². The molecule has 4 aromatic carbocycles. The van der Waals surface area contributed by atoms with E-state index in [4.69, 9.17) is 9.47 Å². The Morgan fingerprint density at radius 2 is 0.939 bits per heavy atom. The van der Waals surface area contributed by atoms with E-state index in [2.05, 4.69) is 18.0 Å². The second-order valence-electron chi connectivity index (χ2n) is 9.35. The molecule has 2 aliphatic rings. The third-order valence-corrected chi connectivity index (χ3v) is 7.43. The summed E-state index contributed by atoms with van der Waals surface area (Å²) >= 11 is 0. The zero-order chi connectivity index (χ0) is 34.8. The van der Waals surface area contributed by atoms with Gasteiger partial charge in [-0.25, -0.2) is 51.8 Å². The number of nitrogens with zero attached hydrogens (tertiary/aromatic N) is 2. The van der Waals surface area contributed by atoms with Crippen LogP contribution >= 0.6 is 0 Å². The predicted molar refractivity (Wildman–Crippen MR) is 165 cm³/mol. The van der Waals surface area contributed by atoms with Crippen LogP contribution in [-0.2, 0) is 51.8 Å². The Bertz CT molecular complexity index is 1530.